The molecule has 1 heterocycles. The molecule has 0 aliphatic carbocycles. The number of alkyl halides is 2. The monoisotopic (exact) mass is 943 g/mol. The van der Waals surface area contributed by atoms with Crippen molar-refractivity contribution < 1.29 is 55.8 Å². The van der Waals surface area contributed by atoms with E-state index in [0.29, 0.717) is 30.8 Å². The fourth-order valence-corrected chi connectivity index (χ4v) is 8.16. The predicted octanol–water partition coefficient (Wildman–Crippen LogP) is 10.6. The molecule has 0 bridgehead atoms. The molecule has 0 saturated carbocycles. The molecule has 358 valence electrons. The van der Waals surface area contributed by atoms with Crippen molar-refractivity contribution in [3.05, 3.63) is 126 Å². The fraction of sp³-hybridized carbons (Fsp3) is 0.392. The molecule has 1 aliphatic heterocycles. The van der Waals surface area contributed by atoms with Crippen molar-refractivity contribution in [1.82, 2.24) is 10.2 Å². The molecule has 2 atom stereocenters. The third kappa shape index (κ3) is 13.1. The van der Waals surface area contributed by atoms with Gasteiger partial charge in [0.25, 0.3) is 5.91 Å². The Kier molecular flexibility index (Phi) is 16.5. The molecule has 0 spiro atoms. The number of likely N-dealkylation sites (tertiary alicyclic amines) is 1. The summed E-state index contributed by atoms with van der Waals surface area (Å²) in [4.78, 5) is 70.3. The summed E-state index contributed by atoms with van der Waals surface area (Å²) in [5.74, 6) is -3.01. The zero-order valence-electron chi connectivity index (χ0n) is 39.4. The van der Waals surface area contributed by atoms with Crippen LogP contribution >= 0.6 is 7.60 Å². The number of carbonyl (C=O) groups excluding carboxylic acids is 5. The molecule has 1 N–H and O–H groups in total. The molecule has 67 heavy (non-hydrogen) atoms. The summed E-state index contributed by atoms with van der Waals surface area (Å²) in [7, 11) is -5.55. The molecule has 4 aromatic carbocycles. The van der Waals surface area contributed by atoms with E-state index in [9.17, 15) is 28.5 Å². The van der Waals surface area contributed by atoms with Gasteiger partial charge in [-0.25, -0.2) is 0 Å². The molecule has 2 unspecified atom stereocenters. The number of anilines is 2. The number of halogens is 2. The van der Waals surface area contributed by atoms with Crippen LogP contribution in [0.2, 0.25) is 0 Å². The minimum Gasteiger partial charge on any atom is -0.438 e. The maximum absolute atomic E-state index is 16.1. The summed E-state index contributed by atoms with van der Waals surface area (Å²) < 4.78 is 65.5. The highest BCUT2D eigenvalue weighted by molar-refractivity contribution is 7.54. The molecule has 0 radical (unpaired) electrons. The van der Waals surface area contributed by atoms with Crippen molar-refractivity contribution in [3.8, 4) is 11.1 Å². The highest BCUT2D eigenvalue weighted by Gasteiger charge is 2.56. The Bertz CT molecular complexity index is 2410. The van der Waals surface area contributed by atoms with E-state index in [-0.39, 0.29) is 11.5 Å². The van der Waals surface area contributed by atoms with E-state index >= 15 is 8.78 Å². The molecule has 1 saturated heterocycles. The molecule has 5 rings (SSSR count). The third-order valence-electron chi connectivity index (χ3n) is 10.8. The summed E-state index contributed by atoms with van der Waals surface area (Å²) in [6.07, 6.45) is 3.47. The molecule has 1 aliphatic rings. The Labute approximate surface area is 391 Å². The van der Waals surface area contributed by atoms with Crippen LogP contribution in [-0.4, -0.2) is 66.8 Å². The van der Waals surface area contributed by atoms with Gasteiger partial charge in [0.05, 0.1) is 10.8 Å². The standard InChI is InChI=1S/C51H60F2N3O10P/c1-48(2,3)43(45(59)55-32-16-21-41(55)44(58)56(39-19-14-11-15-20-39)40-29-25-37(26-30-40)36-17-12-10-13-18-36)54-42(57)31-24-35-22-27-38(28-23-35)51(52,53)67(62,65-33-63-46(60)49(4,5)6)66-34-64-47(61)50(7,8)9/h10-15,17-20,22-31,41,43H,16,21,32-34H2,1-9H3,(H,54,57)/b31-24+. The average Bonchev–Trinajstić information content (AvgIpc) is 3.78. The largest absolute Gasteiger partial charge is 0.438 e. The first-order valence-electron chi connectivity index (χ1n) is 21.9. The summed E-state index contributed by atoms with van der Waals surface area (Å²) >= 11 is 0. The number of benzene rings is 4. The molecular formula is C51H60F2N3O10P. The number of esters is 2. The number of carbonyl (C=O) groups is 5. The van der Waals surface area contributed by atoms with E-state index in [4.69, 9.17) is 18.5 Å². The zero-order chi connectivity index (χ0) is 49.4. The fourth-order valence-electron chi connectivity index (χ4n) is 6.91. The highest BCUT2D eigenvalue weighted by atomic mass is 31.2. The van der Waals surface area contributed by atoms with Gasteiger partial charge in [-0.05, 0) is 107 Å². The number of amides is 3. The maximum atomic E-state index is 16.1. The number of hydrogen-bond acceptors (Lipinski definition) is 10. The van der Waals surface area contributed by atoms with Crippen LogP contribution in [0.4, 0.5) is 20.2 Å². The van der Waals surface area contributed by atoms with Crippen LogP contribution in [0.15, 0.2) is 115 Å². The van der Waals surface area contributed by atoms with Crippen LogP contribution in [0.25, 0.3) is 17.2 Å². The normalized spacial score (nSPS) is 15.2. The Balaban J connectivity index is 1.31. The predicted molar refractivity (Wildman–Crippen MR) is 252 cm³/mol. The van der Waals surface area contributed by atoms with E-state index in [2.05, 4.69) is 5.32 Å². The second-order valence-electron chi connectivity index (χ2n) is 19.3. The van der Waals surface area contributed by atoms with Gasteiger partial charge in [-0.2, -0.15) is 8.78 Å². The van der Waals surface area contributed by atoms with Crippen molar-refractivity contribution in [1.29, 1.82) is 0 Å². The topological polar surface area (TPSA) is 158 Å². The van der Waals surface area contributed by atoms with Crippen molar-refractivity contribution >= 4 is 54.7 Å². The summed E-state index contributed by atoms with van der Waals surface area (Å²) in [6, 6.07) is 29.2. The Hall–Kier alpha value is -6.02. The van der Waals surface area contributed by atoms with Crippen molar-refractivity contribution in [3.63, 3.8) is 0 Å². The van der Waals surface area contributed by atoms with E-state index in [0.717, 1.165) is 29.3 Å². The van der Waals surface area contributed by atoms with Crippen molar-refractivity contribution in [2.45, 2.75) is 92.9 Å². The molecule has 1 fully saturated rings. The smallest absolute Gasteiger partial charge is 0.410 e. The van der Waals surface area contributed by atoms with Crippen LogP contribution in [0.1, 0.15) is 86.3 Å². The van der Waals surface area contributed by atoms with Crippen LogP contribution in [0.3, 0.4) is 0 Å². The van der Waals surface area contributed by atoms with Gasteiger partial charge in [0.1, 0.15) is 12.1 Å². The average molecular weight is 944 g/mol. The van der Waals surface area contributed by atoms with Crippen LogP contribution in [0.5, 0.6) is 0 Å². The number of nitrogens with one attached hydrogen (secondary N) is 1. The second kappa shape index (κ2) is 21.3. The molecule has 4 aromatic rings. The number of rotatable bonds is 16. The number of ether oxygens (including phenoxy) is 2. The summed E-state index contributed by atoms with van der Waals surface area (Å²) in [5, 5.41) is 2.80. The molecule has 13 nitrogen and oxygen atoms in total. The second-order valence-corrected chi connectivity index (χ2v) is 21.3. The van der Waals surface area contributed by atoms with Gasteiger partial charge in [-0.15, -0.1) is 0 Å². The minimum atomic E-state index is -5.55. The first-order valence-corrected chi connectivity index (χ1v) is 23.4. The zero-order valence-corrected chi connectivity index (χ0v) is 40.3. The SMILES string of the molecule is CC(C)(C)C(=O)OCOP(=O)(OCOC(=O)C(C)(C)C)C(F)(F)c1ccc(/C=C/C(=O)NC(C(=O)N2CCCC2C(=O)N(c2ccccc2)c2ccc(-c3ccccc3)cc2)C(C)(C)C)cc1. The summed E-state index contributed by atoms with van der Waals surface area (Å²) in [5.41, 5.74) is -4.45. The Morgan fingerprint density at radius 2 is 1.21 bits per heavy atom. The first kappa shape index (κ1) is 52.0. The quantitative estimate of drug-likeness (QED) is 0.0496. The van der Waals surface area contributed by atoms with E-state index in [1.807, 2.05) is 84.9 Å². The van der Waals surface area contributed by atoms with E-state index in [1.165, 1.54) is 64.7 Å². The van der Waals surface area contributed by atoms with Gasteiger partial charge in [0, 0.05) is 29.6 Å². The molecular weight excluding hydrogens is 884 g/mol. The van der Waals surface area contributed by atoms with Gasteiger partial charge in [0.2, 0.25) is 25.4 Å². The minimum absolute atomic E-state index is 0.284. The van der Waals surface area contributed by atoms with Gasteiger partial charge in [-0.1, -0.05) is 106 Å². The number of para-hydroxylation sites is 1. The Morgan fingerprint density at radius 1 is 0.716 bits per heavy atom. The van der Waals surface area contributed by atoms with Gasteiger partial charge < -0.3 is 19.7 Å². The van der Waals surface area contributed by atoms with Crippen LogP contribution in [0, 0.1) is 16.2 Å². The molecule has 3 amide bonds. The van der Waals surface area contributed by atoms with Crippen LogP contribution < -0.4 is 10.2 Å². The number of nitrogens with zero attached hydrogens (tertiary/aromatic N) is 2. The highest BCUT2D eigenvalue weighted by Crippen LogP contribution is 2.67. The third-order valence-corrected chi connectivity index (χ3v) is 12.6. The van der Waals surface area contributed by atoms with Crippen LogP contribution in [-0.2, 0) is 52.7 Å². The van der Waals surface area contributed by atoms with Crippen molar-refractivity contribution in [2.24, 2.45) is 16.2 Å². The first-order chi connectivity index (χ1) is 31.3. The van der Waals surface area contributed by atoms with Gasteiger partial charge >= 0.3 is 25.2 Å². The van der Waals surface area contributed by atoms with E-state index in [1.54, 1.807) is 25.7 Å². The Morgan fingerprint density at radius 3 is 1.72 bits per heavy atom. The van der Waals surface area contributed by atoms with Gasteiger partial charge in [0.15, 0.2) is 0 Å². The molecule has 16 heteroatoms. The van der Waals surface area contributed by atoms with E-state index < -0.39 is 84.5 Å². The van der Waals surface area contributed by atoms with Crippen molar-refractivity contribution in [2.75, 3.05) is 25.0 Å². The lowest BCUT2D eigenvalue weighted by molar-refractivity contribution is -0.163. The van der Waals surface area contributed by atoms with Gasteiger partial charge in [-0.3, -0.25) is 42.5 Å². The molecule has 0 aromatic heterocycles. The lowest BCUT2D eigenvalue weighted by Gasteiger charge is -2.36. The summed E-state index contributed by atoms with van der Waals surface area (Å²) in [6.45, 7) is 12.5. The number of hydrogen-bond donors (Lipinski definition) is 1. The lowest BCUT2D eigenvalue weighted by atomic mass is 9.85. The maximum Gasteiger partial charge on any atom is 0.410 e. The lowest BCUT2D eigenvalue weighted by Crippen LogP contribution is -2.57.